The molecule has 3 aromatic rings. The van der Waals surface area contributed by atoms with Crippen LogP contribution in [0.2, 0.25) is 0 Å². The van der Waals surface area contributed by atoms with Gasteiger partial charge in [-0.1, -0.05) is 6.07 Å². The minimum absolute atomic E-state index is 0.149. The average molecular weight is 349 g/mol. The first-order valence-corrected chi connectivity index (χ1v) is 7.87. The Morgan fingerprint density at radius 3 is 2.85 bits per heavy atom. The van der Waals surface area contributed by atoms with E-state index in [1.165, 1.54) is 20.5 Å². The van der Waals surface area contributed by atoms with E-state index in [2.05, 4.69) is 51.3 Å². The SMILES string of the molecule is Cc1cc(Br)c2sc(Cc3cc(=O)[nH]nc3C)cc2c1. The fourth-order valence-electron chi connectivity index (χ4n) is 2.26. The summed E-state index contributed by atoms with van der Waals surface area (Å²) in [6.07, 6.45) is 0.744. The third kappa shape index (κ3) is 2.55. The molecule has 3 nitrogen and oxygen atoms in total. The highest BCUT2D eigenvalue weighted by atomic mass is 79.9. The van der Waals surface area contributed by atoms with Gasteiger partial charge in [0, 0.05) is 26.5 Å². The van der Waals surface area contributed by atoms with E-state index < -0.39 is 0 Å². The van der Waals surface area contributed by atoms with Gasteiger partial charge in [0.2, 0.25) is 0 Å². The molecule has 0 unspecified atom stereocenters. The Bertz CT molecular complexity index is 851. The summed E-state index contributed by atoms with van der Waals surface area (Å²) in [5, 5.41) is 7.72. The molecule has 0 amide bonds. The number of benzene rings is 1. The molecular weight excluding hydrogens is 336 g/mol. The largest absolute Gasteiger partial charge is 0.268 e. The number of hydrogen-bond acceptors (Lipinski definition) is 3. The highest BCUT2D eigenvalue weighted by Crippen LogP contribution is 2.34. The molecule has 2 aromatic heterocycles. The van der Waals surface area contributed by atoms with E-state index in [9.17, 15) is 4.79 Å². The van der Waals surface area contributed by atoms with E-state index in [1.807, 2.05) is 6.92 Å². The van der Waals surface area contributed by atoms with Gasteiger partial charge in [-0.05, 0) is 58.4 Å². The van der Waals surface area contributed by atoms with Gasteiger partial charge in [-0.2, -0.15) is 5.10 Å². The molecule has 1 aromatic carbocycles. The van der Waals surface area contributed by atoms with Gasteiger partial charge < -0.3 is 0 Å². The van der Waals surface area contributed by atoms with Crippen LogP contribution in [0.25, 0.3) is 10.1 Å². The first-order valence-electron chi connectivity index (χ1n) is 6.27. The summed E-state index contributed by atoms with van der Waals surface area (Å²) in [6.45, 7) is 4.00. The van der Waals surface area contributed by atoms with E-state index in [0.29, 0.717) is 0 Å². The van der Waals surface area contributed by atoms with Crippen molar-refractivity contribution in [1.29, 1.82) is 0 Å². The zero-order chi connectivity index (χ0) is 14.3. The highest BCUT2D eigenvalue weighted by molar-refractivity contribution is 9.10. The van der Waals surface area contributed by atoms with Crippen LogP contribution < -0.4 is 5.56 Å². The standard InChI is InChI=1S/C15H13BrN2OS/c1-8-3-11-6-12(20-15(11)13(16)4-8)5-10-7-14(19)18-17-9(10)2/h3-4,6-7H,5H2,1-2H3,(H,18,19). The quantitative estimate of drug-likeness (QED) is 0.761. The smallest absolute Gasteiger partial charge is 0.264 e. The molecule has 20 heavy (non-hydrogen) atoms. The van der Waals surface area contributed by atoms with Crippen LogP contribution in [0, 0.1) is 13.8 Å². The molecule has 5 heteroatoms. The van der Waals surface area contributed by atoms with Gasteiger partial charge in [0.1, 0.15) is 0 Å². The number of nitrogens with one attached hydrogen (secondary N) is 1. The Kier molecular flexibility index (Phi) is 3.48. The average Bonchev–Trinajstić information content (AvgIpc) is 2.76. The number of fused-ring (bicyclic) bond motifs is 1. The van der Waals surface area contributed by atoms with Crippen LogP contribution in [0.1, 0.15) is 21.7 Å². The first-order chi connectivity index (χ1) is 9.52. The summed E-state index contributed by atoms with van der Waals surface area (Å²) >= 11 is 5.37. The van der Waals surface area contributed by atoms with Crippen LogP contribution in [-0.2, 0) is 6.42 Å². The fraction of sp³-hybridized carbons (Fsp3) is 0.200. The lowest BCUT2D eigenvalue weighted by molar-refractivity contribution is 0.915. The molecule has 0 saturated heterocycles. The lowest BCUT2D eigenvalue weighted by Gasteiger charge is -2.00. The van der Waals surface area contributed by atoms with Crippen molar-refractivity contribution in [3.63, 3.8) is 0 Å². The number of aromatic nitrogens is 2. The first kappa shape index (κ1) is 13.5. The Morgan fingerprint density at radius 2 is 2.05 bits per heavy atom. The van der Waals surface area contributed by atoms with Gasteiger partial charge in [-0.25, -0.2) is 5.10 Å². The zero-order valence-corrected chi connectivity index (χ0v) is 13.6. The van der Waals surface area contributed by atoms with Gasteiger partial charge in [0.15, 0.2) is 0 Å². The summed E-state index contributed by atoms with van der Waals surface area (Å²) in [7, 11) is 0. The predicted octanol–water partition coefficient (Wildman–Crippen LogP) is 3.95. The molecule has 0 radical (unpaired) electrons. The van der Waals surface area contributed by atoms with Gasteiger partial charge in [-0.3, -0.25) is 4.79 Å². The van der Waals surface area contributed by atoms with Crippen molar-refractivity contribution in [2.45, 2.75) is 20.3 Å². The summed E-state index contributed by atoms with van der Waals surface area (Å²) in [6, 6.07) is 8.14. The van der Waals surface area contributed by atoms with Gasteiger partial charge >= 0.3 is 0 Å². The number of aromatic amines is 1. The molecule has 0 aliphatic carbocycles. The van der Waals surface area contributed by atoms with E-state index in [1.54, 1.807) is 17.4 Å². The second kappa shape index (κ2) is 5.14. The lowest BCUT2D eigenvalue weighted by Crippen LogP contribution is -2.10. The number of hydrogen-bond donors (Lipinski definition) is 1. The molecule has 0 bridgehead atoms. The number of aryl methyl sites for hydroxylation is 2. The zero-order valence-electron chi connectivity index (χ0n) is 11.2. The molecule has 2 heterocycles. The van der Waals surface area contributed by atoms with Crippen LogP contribution in [0.5, 0.6) is 0 Å². The second-order valence-electron chi connectivity index (χ2n) is 4.90. The summed E-state index contributed by atoms with van der Waals surface area (Å²) < 4.78 is 2.38. The van der Waals surface area contributed by atoms with E-state index in [4.69, 9.17) is 0 Å². The Labute approximate surface area is 128 Å². The molecule has 0 saturated carbocycles. The number of halogens is 1. The number of nitrogens with zero attached hydrogens (tertiary/aromatic N) is 1. The maximum Gasteiger partial charge on any atom is 0.264 e. The van der Waals surface area contributed by atoms with E-state index in [-0.39, 0.29) is 5.56 Å². The molecule has 0 fully saturated rings. The predicted molar refractivity (Wildman–Crippen MR) is 86.7 cm³/mol. The molecule has 0 aliphatic heterocycles. The molecule has 3 rings (SSSR count). The van der Waals surface area contributed by atoms with Crippen LogP contribution in [0.4, 0.5) is 0 Å². The van der Waals surface area contributed by atoms with E-state index >= 15 is 0 Å². The highest BCUT2D eigenvalue weighted by Gasteiger charge is 2.09. The number of rotatable bonds is 2. The Balaban J connectivity index is 2.05. The van der Waals surface area contributed by atoms with Crippen molar-refractivity contribution in [3.05, 3.63) is 60.8 Å². The molecule has 0 spiro atoms. The van der Waals surface area contributed by atoms with Gasteiger partial charge in [0.05, 0.1) is 5.69 Å². The van der Waals surface area contributed by atoms with Crippen molar-refractivity contribution in [2.24, 2.45) is 0 Å². The molecule has 0 atom stereocenters. The van der Waals surface area contributed by atoms with Crippen molar-refractivity contribution in [2.75, 3.05) is 0 Å². The summed E-state index contributed by atoms with van der Waals surface area (Å²) in [5.41, 5.74) is 2.94. The van der Waals surface area contributed by atoms with E-state index in [0.717, 1.165) is 22.2 Å². The molecule has 1 N–H and O–H groups in total. The second-order valence-corrected chi connectivity index (χ2v) is 6.89. The topological polar surface area (TPSA) is 45.8 Å². The van der Waals surface area contributed by atoms with Crippen LogP contribution in [0.15, 0.2) is 33.5 Å². The van der Waals surface area contributed by atoms with Crippen molar-refractivity contribution < 1.29 is 0 Å². The monoisotopic (exact) mass is 348 g/mol. The van der Waals surface area contributed by atoms with Crippen LogP contribution >= 0.6 is 27.3 Å². The van der Waals surface area contributed by atoms with Crippen molar-refractivity contribution in [1.82, 2.24) is 10.2 Å². The summed E-state index contributed by atoms with van der Waals surface area (Å²) in [4.78, 5) is 12.6. The molecular formula is C15H13BrN2OS. The maximum atomic E-state index is 11.4. The Morgan fingerprint density at radius 1 is 1.25 bits per heavy atom. The maximum absolute atomic E-state index is 11.4. The minimum Gasteiger partial charge on any atom is -0.268 e. The molecule has 102 valence electrons. The summed E-state index contributed by atoms with van der Waals surface area (Å²) in [5.74, 6) is 0. The third-order valence-electron chi connectivity index (χ3n) is 3.23. The van der Waals surface area contributed by atoms with Gasteiger partial charge in [0.25, 0.3) is 5.56 Å². The molecule has 0 aliphatic rings. The Hall–Kier alpha value is -1.46. The van der Waals surface area contributed by atoms with Crippen LogP contribution in [-0.4, -0.2) is 10.2 Å². The normalized spacial score (nSPS) is 11.2. The van der Waals surface area contributed by atoms with Crippen molar-refractivity contribution >= 4 is 37.4 Å². The van der Waals surface area contributed by atoms with Gasteiger partial charge in [-0.15, -0.1) is 11.3 Å². The van der Waals surface area contributed by atoms with Crippen molar-refractivity contribution in [3.8, 4) is 0 Å². The minimum atomic E-state index is -0.149. The number of thiophene rings is 1. The lowest BCUT2D eigenvalue weighted by atomic mass is 10.1. The van der Waals surface area contributed by atoms with Crippen LogP contribution in [0.3, 0.4) is 0 Å². The third-order valence-corrected chi connectivity index (χ3v) is 5.31. The number of H-pyrrole nitrogens is 1. The fourth-order valence-corrected chi connectivity index (χ4v) is 4.16.